The number of fused-ring (bicyclic) bond motifs is 1. The summed E-state index contributed by atoms with van der Waals surface area (Å²) in [4.78, 5) is 18.4. The lowest BCUT2D eigenvalue weighted by Gasteiger charge is -2.31. The molecule has 4 rings (SSSR count). The molecule has 1 fully saturated rings. The van der Waals surface area contributed by atoms with Crippen LogP contribution in [0.15, 0.2) is 17.0 Å². The van der Waals surface area contributed by atoms with E-state index >= 15 is 0 Å². The molecule has 4 heterocycles. The monoisotopic (exact) mass is 385 g/mol. The van der Waals surface area contributed by atoms with Crippen molar-refractivity contribution >= 4 is 23.1 Å². The maximum Gasteiger partial charge on any atom is 0.410 e. The van der Waals surface area contributed by atoms with Crippen molar-refractivity contribution in [3.63, 3.8) is 0 Å². The first-order valence-electron chi connectivity index (χ1n) is 8.46. The summed E-state index contributed by atoms with van der Waals surface area (Å²) in [5.74, 6) is 0.155. The van der Waals surface area contributed by atoms with Crippen LogP contribution in [0.1, 0.15) is 54.5 Å². The first-order chi connectivity index (χ1) is 12.3. The number of likely N-dealkylation sites (tertiary alicyclic amines) is 1. The third kappa shape index (κ3) is 2.95. The molecule has 1 N–H and O–H groups in total. The van der Waals surface area contributed by atoms with Gasteiger partial charge in [-0.05, 0) is 26.2 Å². The van der Waals surface area contributed by atoms with Gasteiger partial charge < -0.3 is 10.2 Å². The fourth-order valence-electron chi connectivity index (χ4n) is 3.72. The Morgan fingerprint density at radius 3 is 2.92 bits per heavy atom. The summed E-state index contributed by atoms with van der Waals surface area (Å²) in [7, 11) is 0. The molecule has 6 nitrogen and oxygen atoms in total. The Balaban J connectivity index is 1.65. The van der Waals surface area contributed by atoms with Crippen molar-refractivity contribution in [1.29, 1.82) is 0 Å². The summed E-state index contributed by atoms with van der Waals surface area (Å²) < 4.78 is 41.3. The number of hydrogen-bond donors (Lipinski definition) is 1. The second kappa shape index (κ2) is 6.26. The SMILES string of the molecule is C[C@@H]1C[C@H](C(F)(F)F)n2nc([C@@H]3CCCN3C(=O)c3cscn3)cc2N1. The van der Waals surface area contributed by atoms with Crippen LogP contribution in [-0.4, -0.2) is 44.3 Å². The van der Waals surface area contributed by atoms with E-state index in [1.807, 2.05) is 0 Å². The minimum Gasteiger partial charge on any atom is -0.368 e. The zero-order valence-electron chi connectivity index (χ0n) is 14.0. The molecule has 0 unspecified atom stereocenters. The van der Waals surface area contributed by atoms with E-state index in [0.717, 1.165) is 11.1 Å². The van der Waals surface area contributed by atoms with Crippen LogP contribution in [0.4, 0.5) is 19.0 Å². The van der Waals surface area contributed by atoms with Crippen LogP contribution in [0.25, 0.3) is 0 Å². The number of alkyl halides is 3. The van der Waals surface area contributed by atoms with Crippen molar-refractivity contribution in [1.82, 2.24) is 19.7 Å². The minimum absolute atomic E-state index is 0.0657. The Morgan fingerprint density at radius 2 is 2.23 bits per heavy atom. The lowest BCUT2D eigenvalue weighted by Crippen LogP contribution is -2.38. The summed E-state index contributed by atoms with van der Waals surface area (Å²) in [6, 6.07) is -0.624. The Morgan fingerprint density at radius 1 is 1.42 bits per heavy atom. The van der Waals surface area contributed by atoms with Crippen LogP contribution in [0.5, 0.6) is 0 Å². The smallest absolute Gasteiger partial charge is 0.368 e. The summed E-state index contributed by atoms with van der Waals surface area (Å²) >= 11 is 1.34. The fourth-order valence-corrected chi connectivity index (χ4v) is 4.25. The molecule has 0 aliphatic carbocycles. The van der Waals surface area contributed by atoms with Gasteiger partial charge in [-0.2, -0.15) is 18.3 Å². The van der Waals surface area contributed by atoms with Gasteiger partial charge in [0, 0.05) is 24.0 Å². The molecule has 2 aromatic heterocycles. The zero-order valence-corrected chi connectivity index (χ0v) is 14.8. The Kier molecular flexibility index (Phi) is 4.17. The predicted octanol–water partition coefficient (Wildman–Crippen LogP) is 3.62. The van der Waals surface area contributed by atoms with Crippen LogP contribution in [0.2, 0.25) is 0 Å². The van der Waals surface area contributed by atoms with Gasteiger partial charge in [-0.15, -0.1) is 11.3 Å². The number of thiazole rings is 1. The number of carbonyl (C=O) groups excluding carboxylic acids is 1. The van der Waals surface area contributed by atoms with E-state index in [2.05, 4.69) is 15.4 Å². The summed E-state index contributed by atoms with van der Waals surface area (Å²) in [6.07, 6.45) is -2.96. The standard InChI is InChI=1S/C16H18F3N5OS/c1-9-5-13(16(17,18)19)24-14(21-9)6-10(22-24)12-3-2-4-23(12)15(25)11-7-26-8-20-11/h6-9,12-13,21H,2-5H2,1H3/t9-,12+,13-/m1/s1. The van der Waals surface area contributed by atoms with Crippen LogP contribution in [0, 0.1) is 0 Å². The molecule has 2 aliphatic rings. The number of rotatable bonds is 2. The fraction of sp³-hybridized carbons (Fsp3) is 0.562. The minimum atomic E-state index is -4.36. The number of halogens is 3. The molecule has 0 spiro atoms. The normalized spacial score (nSPS) is 25.8. The molecule has 0 aromatic carbocycles. The van der Waals surface area contributed by atoms with Crippen molar-refractivity contribution in [2.24, 2.45) is 0 Å². The maximum atomic E-state index is 13.4. The van der Waals surface area contributed by atoms with Gasteiger partial charge >= 0.3 is 6.18 Å². The van der Waals surface area contributed by atoms with Crippen molar-refractivity contribution in [2.45, 2.75) is 50.5 Å². The van der Waals surface area contributed by atoms with E-state index in [1.54, 1.807) is 28.8 Å². The van der Waals surface area contributed by atoms with E-state index in [9.17, 15) is 18.0 Å². The average Bonchev–Trinajstić information content (AvgIpc) is 3.31. The highest BCUT2D eigenvalue weighted by Crippen LogP contribution is 2.41. The first kappa shape index (κ1) is 17.3. The lowest BCUT2D eigenvalue weighted by atomic mass is 10.1. The van der Waals surface area contributed by atoms with Gasteiger partial charge in [-0.1, -0.05) is 0 Å². The molecule has 2 aliphatic heterocycles. The van der Waals surface area contributed by atoms with Gasteiger partial charge in [0.2, 0.25) is 0 Å². The molecule has 26 heavy (non-hydrogen) atoms. The molecule has 1 saturated heterocycles. The average molecular weight is 385 g/mol. The number of hydrogen-bond acceptors (Lipinski definition) is 5. The molecule has 1 amide bonds. The van der Waals surface area contributed by atoms with Crippen LogP contribution in [0.3, 0.4) is 0 Å². The van der Waals surface area contributed by atoms with Crippen LogP contribution in [-0.2, 0) is 0 Å². The Bertz CT molecular complexity index is 803. The molecule has 10 heteroatoms. The largest absolute Gasteiger partial charge is 0.410 e. The summed E-state index contributed by atoms with van der Waals surface area (Å²) in [6.45, 7) is 2.28. The van der Waals surface area contributed by atoms with Gasteiger partial charge in [0.1, 0.15) is 11.5 Å². The first-order valence-corrected chi connectivity index (χ1v) is 9.40. The van der Waals surface area contributed by atoms with Gasteiger partial charge in [-0.3, -0.25) is 4.79 Å². The third-order valence-corrected chi connectivity index (χ3v) is 5.49. The number of anilines is 1. The Labute approximate surface area is 152 Å². The van der Waals surface area contributed by atoms with E-state index in [-0.39, 0.29) is 24.4 Å². The molecule has 0 radical (unpaired) electrons. The summed E-state index contributed by atoms with van der Waals surface area (Å²) in [5.41, 5.74) is 2.45. The van der Waals surface area contributed by atoms with E-state index in [4.69, 9.17) is 0 Å². The zero-order chi connectivity index (χ0) is 18.5. The molecular weight excluding hydrogens is 367 g/mol. The van der Waals surface area contributed by atoms with Crippen molar-refractivity contribution in [3.8, 4) is 0 Å². The van der Waals surface area contributed by atoms with Crippen molar-refractivity contribution in [3.05, 3.63) is 28.3 Å². The van der Waals surface area contributed by atoms with Crippen LogP contribution < -0.4 is 5.32 Å². The van der Waals surface area contributed by atoms with Crippen LogP contribution >= 0.6 is 11.3 Å². The second-order valence-corrected chi connectivity index (χ2v) is 7.49. The molecule has 3 atom stereocenters. The number of carbonyl (C=O) groups is 1. The predicted molar refractivity (Wildman–Crippen MR) is 90.1 cm³/mol. The van der Waals surface area contributed by atoms with Gasteiger partial charge in [0.25, 0.3) is 5.91 Å². The highest BCUT2D eigenvalue weighted by molar-refractivity contribution is 7.07. The van der Waals surface area contributed by atoms with Gasteiger partial charge in [-0.25, -0.2) is 9.67 Å². The second-order valence-electron chi connectivity index (χ2n) is 6.77. The molecule has 2 aromatic rings. The highest BCUT2D eigenvalue weighted by Gasteiger charge is 2.46. The lowest BCUT2D eigenvalue weighted by molar-refractivity contribution is -0.173. The van der Waals surface area contributed by atoms with E-state index in [1.165, 1.54) is 11.3 Å². The molecular formula is C16H18F3N5OS. The van der Waals surface area contributed by atoms with E-state index in [0.29, 0.717) is 30.2 Å². The van der Waals surface area contributed by atoms with Crippen molar-refractivity contribution in [2.75, 3.05) is 11.9 Å². The van der Waals surface area contributed by atoms with E-state index < -0.39 is 12.2 Å². The quantitative estimate of drug-likeness (QED) is 0.858. The molecule has 140 valence electrons. The molecule has 0 saturated carbocycles. The summed E-state index contributed by atoms with van der Waals surface area (Å²) in [5, 5.41) is 8.99. The number of nitrogens with one attached hydrogen (secondary N) is 1. The van der Waals surface area contributed by atoms with Gasteiger partial charge in [0.05, 0.1) is 17.2 Å². The Hall–Kier alpha value is -2.10. The highest BCUT2D eigenvalue weighted by atomic mass is 32.1. The number of amides is 1. The third-order valence-electron chi connectivity index (χ3n) is 4.91. The maximum absolute atomic E-state index is 13.4. The van der Waals surface area contributed by atoms with Crippen molar-refractivity contribution < 1.29 is 18.0 Å². The van der Waals surface area contributed by atoms with Gasteiger partial charge in [0.15, 0.2) is 6.04 Å². The number of aromatic nitrogens is 3. The number of nitrogens with zero attached hydrogens (tertiary/aromatic N) is 4. The topological polar surface area (TPSA) is 63.1 Å². The molecule has 0 bridgehead atoms.